The van der Waals surface area contributed by atoms with Crippen LogP contribution in [0.15, 0.2) is 4.99 Å². The van der Waals surface area contributed by atoms with Gasteiger partial charge in [0, 0.05) is 72.0 Å². The zero-order valence-electron chi connectivity index (χ0n) is 19.7. The summed E-state index contributed by atoms with van der Waals surface area (Å²) in [5.41, 5.74) is 0. The van der Waals surface area contributed by atoms with Gasteiger partial charge in [0.2, 0.25) is 5.91 Å². The van der Waals surface area contributed by atoms with Crippen molar-refractivity contribution >= 4 is 35.8 Å². The van der Waals surface area contributed by atoms with Gasteiger partial charge in [0.1, 0.15) is 0 Å². The Balaban J connectivity index is 0.00000341. The van der Waals surface area contributed by atoms with Crippen LogP contribution in [0.25, 0.3) is 0 Å². The number of morpholine rings is 1. The highest BCUT2D eigenvalue weighted by Crippen LogP contribution is 2.14. The molecule has 0 radical (unpaired) electrons. The molecule has 3 heterocycles. The first-order valence-electron chi connectivity index (χ1n) is 11.9. The fourth-order valence-corrected chi connectivity index (χ4v) is 4.63. The average molecular weight is 551 g/mol. The molecule has 9 heteroatoms. The van der Waals surface area contributed by atoms with Gasteiger partial charge in [-0.2, -0.15) is 0 Å². The molecule has 2 atom stereocenters. The van der Waals surface area contributed by atoms with Crippen LogP contribution in [0.1, 0.15) is 33.6 Å². The number of carbonyl (C=O) groups is 1. The quantitative estimate of drug-likeness (QED) is 0.292. The molecule has 3 aliphatic heterocycles. The van der Waals surface area contributed by atoms with Gasteiger partial charge in [-0.3, -0.25) is 19.6 Å². The molecule has 0 aromatic carbocycles. The van der Waals surface area contributed by atoms with E-state index in [-0.39, 0.29) is 30.0 Å². The summed E-state index contributed by atoms with van der Waals surface area (Å²) in [5, 5.41) is 3.47. The van der Waals surface area contributed by atoms with Crippen molar-refractivity contribution < 1.29 is 9.53 Å². The zero-order chi connectivity index (χ0) is 21.3. The Hall–Kier alpha value is -0.650. The molecular weight excluding hydrogens is 507 g/mol. The molecule has 31 heavy (non-hydrogen) atoms. The van der Waals surface area contributed by atoms with Crippen molar-refractivity contribution in [2.24, 2.45) is 10.9 Å². The maximum Gasteiger partial charge on any atom is 0.239 e. The third-order valence-electron chi connectivity index (χ3n) is 6.50. The molecule has 180 valence electrons. The number of nitrogens with one attached hydrogen (secondary N) is 1. The van der Waals surface area contributed by atoms with Gasteiger partial charge in [-0.1, -0.05) is 6.92 Å². The van der Waals surface area contributed by atoms with E-state index in [9.17, 15) is 4.79 Å². The number of hydrogen-bond acceptors (Lipinski definition) is 5. The molecule has 1 amide bonds. The number of ether oxygens (including phenoxy) is 1. The molecule has 3 saturated heterocycles. The topological polar surface area (TPSA) is 63.7 Å². The zero-order valence-corrected chi connectivity index (χ0v) is 22.1. The molecule has 3 rings (SSSR count). The largest absolute Gasteiger partial charge is 0.379 e. The highest BCUT2D eigenvalue weighted by Gasteiger charge is 2.30. The molecule has 0 bridgehead atoms. The normalized spacial score (nSPS) is 23.4. The summed E-state index contributed by atoms with van der Waals surface area (Å²) >= 11 is 0. The second-order valence-electron chi connectivity index (χ2n) is 8.94. The number of rotatable bonds is 7. The highest BCUT2D eigenvalue weighted by molar-refractivity contribution is 14.0. The first kappa shape index (κ1) is 26.6. The number of amides is 1. The lowest BCUT2D eigenvalue weighted by atomic mass is 10.1. The molecule has 2 unspecified atom stereocenters. The van der Waals surface area contributed by atoms with Crippen LogP contribution >= 0.6 is 24.0 Å². The van der Waals surface area contributed by atoms with E-state index in [1.165, 1.54) is 0 Å². The summed E-state index contributed by atoms with van der Waals surface area (Å²) in [5.74, 6) is 1.85. The summed E-state index contributed by atoms with van der Waals surface area (Å²) in [6.07, 6.45) is 2.30. The number of hydrogen-bond donors (Lipinski definition) is 1. The third-order valence-corrected chi connectivity index (χ3v) is 6.50. The molecule has 3 aliphatic rings. The van der Waals surface area contributed by atoms with Gasteiger partial charge in [0.25, 0.3) is 0 Å². The number of carbonyl (C=O) groups excluding carboxylic acids is 1. The molecule has 0 aliphatic carbocycles. The summed E-state index contributed by atoms with van der Waals surface area (Å²) < 4.78 is 5.45. The van der Waals surface area contributed by atoms with Gasteiger partial charge in [0.15, 0.2) is 5.96 Å². The molecule has 0 spiro atoms. The second kappa shape index (κ2) is 13.8. The molecule has 0 aromatic rings. The van der Waals surface area contributed by atoms with Gasteiger partial charge in [-0.25, -0.2) is 0 Å². The van der Waals surface area contributed by atoms with Gasteiger partial charge in [0.05, 0.1) is 19.3 Å². The average Bonchev–Trinajstić information content (AvgIpc) is 3.31. The lowest BCUT2D eigenvalue weighted by Gasteiger charge is -2.39. The molecular formula is C22H43IN6O2. The van der Waals surface area contributed by atoms with Crippen LogP contribution in [0, 0.1) is 5.92 Å². The lowest BCUT2D eigenvalue weighted by Crippen LogP contribution is -2.57. The van der Waals surface area contributed by atoms with Crippen LogP contribution < -0.4 is 5.32 Å². The third kappa shape index (κ3) is 8.01. The Morgan fingerprint density at radius 1 is 0.968 bits per heavy atom. The van der Waals surface area contributed by atoms with Crippen molar-refractivity contribution in [1.82, 2.24) is 24.9 Å². The number of guanidine groups is 1. The number of piperazine rings is 1. The van der Waals surface area contributed by atoms with E-state index in [0.29, 0.717) is 11.8 Å². The Kier molecular flexibility index (Phi) is 11.8. The smallest absolute Gasteiger partial charge is 0.239 e. The molecule has 8 nitrogen and oxygen atoms in total. The fraction of sp³-hybridized carbons (Fsp3) is 0.909. The van der Waals surface area contributed by atoms with E-state index in [0.717, 1.165) is 104 Å². The van der Waals surface area contributed by atoms with Crippen molar-refractivity contribution in [2.75, 3.05) is 85.2 Å². The van der Waals surface area contributed by atoms with Crippen molar-refractivity contribution in [3.63, 3.8) is 0 Å². The van der Waals surface area contributed by atoms with Gasteiger partial charge in [-0.05, 0) is 32.6 Å². The Morgan fingerprint density at radius 3 is 2.23 bits per heavy atom. The fourth-order valence-electron chi connectivity index (χ4n) is 4.63. The summed E-state index contributed by atoms with van der Waals surface area (Å²) in [4.78, 5) is 26.9. The molecule has 1 N–H and O–H groups in total. The van der Waals surface area contributed by atoms with Crippen LogP contribution in [0.3, 0.4) is 0 Å². The predicted octanol–water partition coefficient (Wildman–Crippen LogP) is 1.17. The minimum absolute atomic E-state index is 0. The van der Waals surface area contributed by atoms with Crippen LogP contribution in [-0.4, -0.2) is 123 Å². The molecule has 0 aromatic heterocycles. The SMILES string of the molecule is CCNC(=NCC(C)CN1CCOCC1)N1CCN(C(C)C(=O)N2CCCC2)CC1.I. The van der Waals surface area contributed by atoms with Crippen LogP contribution in [0.5, 0.6) is 0 Å². The van der Waals surface area contributed by atoms with Gasteiger partial charge >= 0.3 is 0 Å². The summed E-state index contributed by atoms with van der Waals surface area (Å²) in [6.45, 7) is 18.6. The van der Waals surface area contributed by atoms with Crippen molar-refractivity contribution in [3.8, 4) is 0 Å². The maximum absolute atomic E-state index is 12.7. The van der Waals surface area contributed by atoms with E-state index >= 15 is 0 Å². The predicted molar refractivity (Wildman–Crippen MR) is 136 cm³/mol. The highest BCUT2D eigenvalue weighted by atomic mass is 127. The monoisotopic (exact) mass is 550 g/mol. The first-order valence-corrected chi connectivity index (χ1v) is 11.9. The van der Waals surface area contributed by atoms with Crippen LogP contribution in [0.2, 0.25) is 0 Å². The van der Waals surface area contributed by atoms with E-state index < -0.39 is 0 Å². The van der Waals surface area contributed by atoms with E-state index in [1.807, 2.05) is 4.90 Å². The van der Waals surface area contributed by atoms with E-state index in [4.69, 9.17) is 9.73 Å². The van der Waals surface area contributed by atoms with E-state index in [2.05, 4.69) is 40.8 Å². The van der Waals surface area contributed by atoms with Crippen LogP contribution in [0.4, 0.5) is 0 Å². The van der Waals surface area contributed by atoms with Gasteiger partial charge in [-0.15, -0.1) is 24.0 Å². The summed E-state index contributed by atoms with van der Waals surface area (Å²) in [7, 11) is 0. The first-order chi connectivity index (χ1) is 14.6. The molecule has 3 fully saturated rings. The van der Waals surface area contributed by atoms with Crippen molar-refractivity contribution in [1.29, 1.82) is 0 Å². The maximum atomic E-state index is 12.7. The van der Waals surface area contributed by atoms with Crippen LogP contribution in [-0.2, 0) is 9.53 Å². The Morgan fingerprint density at radius 2 is 1.61 bits per heavy atom. The second-order valence-corrected chi connectivity index (χ2v) is 8.94. The van der Waals surface area contributed by atoms with Crippen molar-refractivity contribution in [3.05, 3.63) is 0 Å². The lowest BCUT2D eigenvalue weighted by molar-refractivity contribution is -0.135. The Bertz CT molecular complexity index is 558. The number of likely N-dealkylation sites (tertiary alicyclic amines) is 1. The van der Waals surface area contributed by atoms with Gasteiger partial charge < -0.3 is 19.9 Å². The number of aliphatic imine (C=N–C) groups is 1. The minimum atomic E-state index is -0.0154. The Labute approximate surface area is 205 Å². The minimum Gasteiger partial charge on any atom is -0.379 e. The molecule has 0 saturated carbocycles. The summed E-state index contributed by atoms with van der Waals surface area (Å²) in [6, 6.07) is -0.0154. The van der Waals surface area contributed by atoms with Crippen molar-refractivity contribution in [2.45, 2.75) is 39.7 Å². The van der Waals surface area contributed by atoms with E-state index in [1.54, 1.807) is 0 Å². The standard InChI is InChI=1S/C22H42N6O2.HI/c1-4-23-22(24-17-19(2)18-25-13-15-30-16-14-25)28-11-9-26(10-12-28)20(3)21(29)27-7-5-6-8-27;/h19-20H,4-18H2,1-3H3,(H,23,24);1H. The number of halogens is 1. The number of nitrogens with zero attached hydrogens (tertiary/aromatic N) is 5.